The Morgan fingerprint density at radius 1 is 1.03 bits per heavy atom. The summed E-state index contributed by atoms with van der Waals surface area (Å²) in [5.41, 5.74) is 1.05. The summed E-state index contributed by atoms with van der Waals surface area (Å²) in [5, 5.41) is 6.96. The Morgan fingerprint density at radius 3 is 2.16 bits per heavy atom. The van der Waals surface area contributed by atoms with Gasteiger partial charge in [0, 0.05) is 46.1 Å². The molecule has 1 aliphatic heterocycles. The topological polar surface area (TPSA) is 89.5 Å². The zero-order valence-electron chi connectivity index (χ0n) is 18.4. The first-order chi connectivity index (χ1) is 15.0. The van der Waals surface area contributed by atoms with Crippen molar-refractivity contribution in [3.63, 3.8) is 0 Å². The lowest BCUT2D eigenvalue weighted by Gasteiger charge is -2.42. The number of ether oxygens (including phenoxy) is 2. The Morgan fingerprint density at radius 2 is 1.61 bits per heavy atom. The fraction of sp³-hybridized carbons (Fsp3) is 0.591. The number of amides is 2. The van der Waals surface area contributed by atoms with Gasteiger partial charge in [0.25, 0.3) is 11.8 Å². The quantitative estimate of drug-likeness (QED) is 0.401. The number of para-hydroxylation sites is 1. The zero-order chi connectivity index (χ0) is 22.1. The van der Waals surface area contributed by atoms with Gasteiger partial charge in [0.15, 0.2) is 13.1 Å². The van der Waals surface area contributed by atoms with Gasteiger partial charge in [-0.15, -0.1) is 11.3 Å². The van der Waals surface area contributed by atoms with Crippen molar-refractivity contribution >= 4 is 33.4 Å². The second-order valence-electron chi connectivity index (χ2n) is 8.08. The first kappa shape index (κ1) is 23.6. The average molecular weight is 450 g/mol. The number of quaternary nitrogens is 1. The molecule has 170 valence electrons. The second-order valence-corrected chi connectivity index (χ2v) is 9.15. The highest BCUT2D eigenvalue weighted by molar-refractivity contribution is 7.18. The minimum Gasteiger partial charge on any atom is -0.383 e. The van der Waals surface area contributed by atoms with Crippen LogP contribution in [0.1, 0.15) is 23.8 Å². The third-order valence-electron chi connectivity index (χ3n) is 5.78. The third kappa shape index (κ3) is 6.70. The van der Waals surface area contributed by atoms with E-state index in [4.69, 9.17) is 14.5 Å². The third-order valence-corrected chi connectivity index (χ3v) is 6.98. The standard InChI is InChI=1S/C22H32N4O4S/c1-29-13-9-23-20(27)15-26(16-21(28)24-10-14-30-2)11-7-17(8-12-26)22-25-18-5-3-4-6-19(18)31-22/h3-6,17H,7-16H2,1-2H3,(H-,23,24,27,28)/p+1. The van der Waals surface area contributed by atoms with E-state index in [1.54, 1.807) is 25.6 Å². The van der Waals surface area contributed by atoms with Crippen LogP contribution >= 0.6 is 11.3 Å². The van der Waals surface area contributed by atoms with Gasteiger partial charge in [0.05, 0.1) is 41.5 Å². The van der Waals surface area contributed by atoms with Crippen molar-refractivity contribution < 1.29 is 23.5 Å². The van der Waals surface area contributed by atoms with E-state index in [1.807, 2.05) is 18.2 Å². The van der Waals surface area contributed by atoms with Gasteiger partial charge in [-0.05, 0) is 12.1 Å². The van der Waals surface area contributed by atoms with Crippen LogP contribution in [0.15, 0.2) is 24.3 Å². The van der Waals surface area contributed by atoms with Gasteiger partial charge in [0.1, 0.15) is 0 Å². The first-order valence-electron chi connectivity index (χ1n) is 10.8. The molecule has 0 saturated carbocycles. The van der Waals surface area contributed by atoms with E-state index in [0.717, 1.165) is 36.5 Å². The van der Waals surface area contributed by atoms with Gasteiger partial charge in [0.2, 0.25) is 0 Å². The number of nitrogens with one attached hydrogen (secondary N) is 2. The van der Waals surface area contributed by atoms with Crippen LogP contribution in [0, 0.1) is 0 Å². The molecule has 1 aromatic heterocycles. The Labute approximate surface area is 187 Å². The summed E-state index contributed by atoms with van der Waals surface area (Å²) in [6, 6.07) is 8.21. The number of carbonyl (C=O) groups is 2. The number of rotatable bonds is 11. The predicted octanol–water partition coefficient (Wildman–Crippen LogP) is 1.52. The molecule has 0 radical (unpaired) electrons. The van der Waals surface area contributed by atoms with Gasteiger partial charge < -0.3 is 24.6 Å². The summed E-state index contributed by atoms with van der Waals surface area (Å²) in [6.07, 6.45) is 1.83. The fourth-order valence-corrected chi connectivity index (χ4v) is 5.24. The summed E-state index contributed by atoms with van der Waals surface area (Å²) in [6.45, 7) is 4.05. The number of methoxy groups -OCH3 is 2. The molecule has 2 aromatic rings. The molecule has 1 aromatic carbocycles. The molecule has 2 heterocycles. The van der Waals surface area contributed by atoms with E-state index in [9.17, 15) is 9.59 Å². The summed E-state index contributed by atoms with van der Waals surface area (Å²) in [7, 11) is 3.22. The van der Waals surface area contributed by atoms with E-state index in [1.165, 1.54) is 4.70 Å². The maximum Gasteiger partial charge on any atom is 0.275 e. The summed E-state index contributed by atoms with van der Waals surface area (Å²) >= 11 is 1.75. The number of carbonyl (C=O) groups excluding carboxylic acids is 2. The molecule has 1 fully saturated rings. The highest BCUT2D eigenvalue weighted by Crippen LogP contribution is 2.35. The number of thiazole rings is 1. The first-order valence-corrected chi connectivity index (χ1v) is 11.6. The number of nitrogens with zero attached hydrogens (tertiary/aromatic N) is 2. The van der Waals surface area contributed by atoms with Crippen molar-refractivity contribution in [3.05, 3.63) is 29.3 Å². The fourth-order valence-electron chi connectivity index (χ4n) is 4.11. The highest BCUT2D eigenvalue weighted by Gasteiger charge is 2.39. The van der Waals surface area contributed by atoms with E-state index >= 15 is 0 Å². The predicted molar refractivity (Wildman–Crippen MR) is 121 cm³/mol. The molecule has 31 heavy (non-hydrogen) atoms. The lowest BCUT2D eigenvalue weighted by atomic mass is 9.95. The van der Waals surface area contributed by atoms with E-state index < -0.39 is 0 Å². The lowest BCUT2D eigenvalue weighted by Crippen LogP contribution is -2.60. The Balaban J connectivity index is 1.65. The number of fused-ring (bicyclic) bond motifs is 1. The van der Waals surface area contributed by atoms with Gasteiger partial charge in [-0.3, -0.25) is 9.59 Å². The lowest BCUT2D eigenvalue weighted by molar-refractivity contribution is -0.918. The van der Waals surface area contributed by atoms with E-state index in [2.05, 4.69) is 16.7 Å². The van der Waals surface area contributed by atoms with Gasteiger partial charge in [-0.1, -0.05) is 12.1 Å². The van der Waals surface area contributed by atoms with Crippen LogP contribution in [-0.2, 0) is 19.1 Å². The minimum absolute atomic E-state index is 0.0415. The SMILES string of the molecule is COCCNC(=O)C[N+]1(CC(=O)NCCOC)CCC(c2nc3ccccc3s2)CC1. The Kier molecular flexibility index (Phi) is 8.77. The number of piperidine rings is 1. The smallest absolute Gasteiger partial charge is 0.275 e. The van der Waals surface area contributed by atoms with Crippen LogP contribution in [0.4, 0.5) is 0 Å². The van der Waals surface area contributed by atoms with Crippen LogP contribution < -0.4 is 10.6 Å². The van der Waals surface area contributed by atoms with E-state index in [0.29, 0.717) is 49.8 Å². The van der Waals surface area contributed by atoms with Crippen LogP contribution in [0.2, 0.25) is 0 Å². The molecule has 0 spiro atoms. The molecule has 2 N–H and O–H groups in total. The molecule has 0 atom stereocenters. The molecule has 2 amide bonds. The van der Waals surface area contributed by atoms with Crippen molar-refractivity contribution in [3.8, 4) is 0 Å². The summed E-state index contributed by atoms with van der Waals surface area (Å²) in [4.78, 5) is 29.9. The normalized spacial score (nSPS) is 16.3. The molecule has 3 rings (SSSR count). The van der Waals surface area contributed by atoms with Crippen molar-refractivity contribution in [1.82, 2.24) is 15.6 Å². The molecular formula is C22H33N4O4S+. The largest absolute Gasteiger partial charge is 0.383 e. The molecule has 0 unspecified atom stereocenters. The van der Waals surface area contributed by atoms with Crippen molar-refractivity contribution in [2.24, 2.45) is 0 Å². The van der Waals surface area contributed by atoms with E-state index in [-0.39, 0.29) is 11.8 Å². The second kappa shape index (κ2) is 11.5. The number of hydrogen-bond acceptors (Lipinski definition) is 6. The van der Waals surface area contributed by atoms with Gasteiger partial charge in [-0.2, -0.15) is 0 Å². The maximum absolute atomic E-state index is 12.6. The van der Waals surface area contributed by atoms with Crippen LogP contribution in [0.3, 0.4) is 0 Å². The summed E-state index contributed by atoms with van der Waals surface area (Å²) < 4.78 is 11.7. The van der Waals surface area contributed by atoms with Crippen LogP contribution in [0.5, 0.6) is 0 Å². The zero-order valence-corrected chi connectivity index (χ0v) is 19.2. The van der Waals surface area contributed by atoms with Crippen molar-refractivity contribution in [2.75, 3.05) is 66.7 Å². The average Bonchev–Trinajstić information content (AvgIpc) is 3.19. The molecular weight excluding hydrogens is 416 g/mol. The van der Waals surface area contributed by atoms with Crippen LogP contribution in [0.25, 0.3) is 10.2 Å². The minimum atomic E-state index is -0.0415. The molecule has 9 heteroatoms. The molecule has 0 aliphatic carbocycles. The van der Waals surface area contributed by atoms with Gasteiger partial charge in [-0.25, -0.2) is 4.98 Å². The van der Waals surface area contributed by atoms with Crippen molar-refractivity contribution in [1.29, 1.82) is 0 Å². The monoisotopic (exact) mass is 449 g/mol. The molecule has 1 aliphatic rings. The maximum atomic E-state index is 12.6. The number of aromatic nitrogens is 1. The molecule has 1 saturated heterocycles. The highest BCUT2D eigenvalue weighted by atomic mass is 32.1. The summed E-state index contributed by atoms with van der Waals surface area (Å²) in [5.74, 6) is 0.289. The number of hydrogen-bond donors (Lipinski definition) is 2. The molecule has 8 nitrogen and oxygen atoms in total. The number of benzene rings is 1. The van der Waals surface area contributed by atoms with Crippen LogP contribution in [-0.4, -0.2) is 88.0 Å². The number of likely N-dealkylation sites (tertiary alicyclic amines) is 1. The van der Waals surface area contributed by atoms with Crippen molar-refractivity contribution in [2.45, 2.75) is 18.8 Å². The van der Waals surface area contributed by atoms with Gasteiger partial charge >= 0.3 is 0 Å². The Hall–Kier alpha value is -2.07. The molecule has 0 bridgehead atoms. The Bertz CT molecular complexity index is 805.